The molecular weight excluding hydrogens is 1190 g/mol. The van der Waals surface area contributed by atoms with Gasteiger partial charge in [-0.1, -0.05) is 133 Å². The third-order valence-corrected chi connectivity index (χ3v) is 39.2. The molecule has 0 unspecified atom stereocenters. The molecule has 0 radical (unpaired) electrons. The minimum Gasteiger partial charge on any atom is -0.497 e. The Morgan fingerprint density at radius 1 is 0.573 bits per heavy atom. The molecule has 3 aliphatic rings. The third-order valence-electron chi connectivity index (χ3n) is 21.3. The highest BCUT2D eigenvalue weighted by atomic mass is 28.4. The van der Waals surface area contributed by atoms with Gasteiger partial charge in [0.05, 0.1) is 90.5 Å². The molecule has 3 aliphatic heterocycles. The third kappa shape index (κ3) is 20.7. The zero-order chi connectivity index (χ0) is 68.0. The van der Waals surface area contributed by atoms with Gasteiger partial charge in [0.25, 0.3) is 0 Å². The smallest absolute Gasteiger partial charge is 0.192 e. The van der Waals surface area contributed by atoms with Gasteiger partial charge < -0.3 is 65.8 Å². The van der Waals surface area contributed by atoms with Gasteiger partial charge in [-0.2, -0.15) is 0 Å². The lowest BCUT2D eigenvalue weighted by Crippen LogP contribution is -2.59. The number of methoxy groups -OCH3 is 2. The second-order valence-electron chi connectivity index (χ2n) is 33.0. The fourth-order valence-electron chi connectivity index (χ4n) is 10.7. The molecule has 2 aromatic carbocycles. The van der Waals surface area contributed by atoms with Gasteiger partial charge in [0.15, 0.2) is 39.1 Å². The van der Waals surface area contributed by atoms with E-state index in [9.17, 15) is 10.2 Å². The van der Waals surface area contributed by atoms with Crippen LogP contribution in [0.3, 0.4) is 0 Å². The molecule has 0 aliphatic carbocycles. The van der Waals surface area contributed by atoms with E-state index in [0.717, 1.165) is 22.6 Å². The number of ether oxygens (including phenoxy) is 8. The number of hydrogen-bond donors (Lipinski definition) is 2. The first-order valence-corrected chi connectivity index (χ1v) is 44.5. The summed E-state index contributed by atoms with van der Waals surface area (Å²) in [7, 11) is -5.50. The van der Waals surface area contributed by atoms with Gasteiger partial charge in [-0.25, -0.2) is 0 Å². The topological polar surface area (TPSA) is 158 Å². The number of epoxide rings is 2. The van der Waals surface area contributed by atoms with Crippen molar-refractivity contribution < 1.29 is 65.8 Å². The van der Waals surface area contributed by atoms with Crippen LogP contribution in [0.4, 0.5) is 0 Å². The molecule has 0 bridgehead atoms. The second-order valence-corrected chi connectivity index (χ2v) is 52.1. The molecular formula is C71H128O14Si4. The molecule has 2 aromatic rings. The van der Waals surface area contributed by atoms with E-state index in [0.29, 0.717) is 46.2 Å². The van der Waals surface area contributed by atoms with Crippen LogP contribution in [0.2, 0.25) is 72.5 Å². The Labute approximate surface area is 546 Å². The van der Waals surface area contributed by atoms with Crippen molar-refractivity contribution in [1.29, 1.82) is 0 Å². The van der Waals surface area contributed by atoms with Gasteiger partial charge in [0, 0.05) is 48.7 Å². The van der Waals surface area contributed by atoms with Crippen LogP contribution in [-0.4, -0.2) is 151 Å². The molecule has 0 amide bonds. The number of aliphatic hydroxyl groups excluding tert-OH is 2. The van der Waals surface area contributed by atoms with Gasteiger partial charge in [0.1, 0.15) is 22.7 Å². The molecule has 2 N–H and O–H groups in total. The average molecular weight is 1320 g/mol. The number of hydrogen-bond acceptors (Lipinski definition) is 14. The van der Waals surface area contributed by atoms with E-state index in [1.807, 2.05) is 68.5 Å². The summed E-state index contributed by atoms with van der Waals surface area (Å²) in [6.45, 7) is 69.3. The van der Waals surface area contributed by atoms with Crippen molar-refractivity contribution in [1.82, 2.24) is 0 Å². The highest BCUT2D eigenvalue weighted by molar-refractivity contribution is 6.75. The minimum absolute atomic E-state index is 0.00221. The molecule has 3 fully saturated rings. The lowest BCUT2D eigenvalue weighted by atomic mass is 9.79. The summed E-state index contributed by atoms with van der Waals surface area (Å²) in [5, 5.41) is 22.0. The maximum absolute atomic E-state index is 11.8. The van der Waals surface area contributed by atoms with E-state index >= 15 is 0 Å². The van der Waals surface area contributed by atoms with Crippen molar-refractivity contribution in [2.75, 3.05) is 53.9 Å². The summed E-state index contributed by atoms with van der Waals surface area (Å²) >= 11 is 0. The van der Waals surface area contributed by atoms with Crippen molar-refractivity contribution in [3.8, 4) is 11.5 Å². The minimum atomic E-state index is -2.32. The number of aliphatic hydroxyl groups is 2. The first-order valence-electron chi connectivity index (χ1n) is 32.9. The zero-order valence-corrected chi connectivity index (χ0v) is 65.1. The lowest BCUT2D eigenvalue weighted by molar-refractivity contribution is -0.303. The van der Waals surface area contributed by atoms with E-state index in [-0.39, 0.29) is 74.8 Å². The number of benzene rings is 2. The molecule has 512 valence electrons. The van der Waals surface area contributed by atoms with E-state index in [2.05, 4.69) is 176 Å². The SMILES string of the molecule is C=C[C@@H](CO)[C@@H](O)[C@H](CO[Si](C)(C)C(C)(C)C)[C@H](O[Si](C)(C)C(C)(C)C)[C@@]1(C)O[C@@H]1[C@@H](C)COCc1ccc(OC)cc1.C=C[C@H]1COC(C)(C)O[C@H]1[C@H](CO[Si](C)(C)C(C)(C)C)[C@H](O[Si](C)(C)C(C)(C)C)[C@@]1(C)O[C@@H]1[C@@H](C)COCc1ccc(OC)cc1. The van der Waals surface area contributed by atoms with E-state index in [1.54, 1.807) is 20.3 Å². The van der Waals surface area contributed by atoms with Crippen molar-refractivity contribution in [2.45, 2.75) is 264 Å². The van der Waals surface area contributed by atoms with E-state index in [4.69, 9.17) is 55.6 Å². The van der Waals surface area contributed by atoms with Crippen molar-refractivity contribution in [3.63, 3.8) is 0 Å². The standard InChI is InChI=1S/C37H66O7Si2.C34H62O7Si2/c1-17-28-24-40-36(9,10)42-31(28)30(25-41-45(13,14)34(3,4)5)33(44-46(15,16)35(6,7)8)37(11)32(43-37)26(2)22-39-23-27-18-20-29(38-12)21-19-27;1-15-26(20-35)29(36)28(23-39-42(11,12)32(3,4)5)31(41-43(13,14)33(6,7)8)34(9)30(40-34)24(2)21-38-22-25-16-18-27(37-10)19-17-25/h17-21,26,28,30-33H,1,22-25H2,2-16H3;15-19,24,26,28-31,35-36H,1,20-23H2,2-14H3/t26-,28-,30-,31+,32+,33-,37-;24-,26-,28-,29+,30+,31-,34-/m00/s1. The average Bonchev–Trinajstić information content (AvgIpc) is 1.59. The van der Waals surface area contributed by atoms with Crippen LogP contribution in [0.25, 0.3) is 0 Å². The fraction of sp³-hybridized carbons (Fsp3) is 0.775. The maximum atomic E-state index is 11.8. The zero-order valence-electron chi connectivity index (χ0n) is 61.1. The Kier molecular flexibility index (Phi) is 27.4. The van der Waals surface area contributed by atoms with Crippen LogP contribution in [-0.2, 0) is 59.3 Å². The van der Waals surface area contributed by atoms with E-state index in [1.165, 1.54) is 0 Å². The summed E-state index contributed by atoms with van der Waals surface area (Å²) in [6, 6.07) is 15.9. The summed E-state index contributed by atoms with van der Waals surface area (Å²) in [6.07, 6.45) is 1.65. The first-order chi connectivity index (χ1) is 40.6. The predicted octanol–water partition coefficient (Wildman–Crippen LogP) is 16.2. The number of rotatable bonds is 32. The molecule has 0 spiro atoms. The van der Waals surface area contributed by atoms with Crippen molar-refractivity contribution >= 4 is 33.3 Å². The maximum Gasteiger partial charge on any atom is 0.192 e. The predicted molar refractivity (Wildman–Crippen MR) is 373 cm³/mol. The van der Waals surface area contributed by atoms with Crippen LogP contribution < -0.4 is 9.47 Å². The van der Waals surface area contributed by atoms with Gasteiger partial charge in [-0.05, 0) is 136 Å². The molecule has 3 heterocycles. The Hall–Kier alpha value is -2.09. The van der Waals surface area contributed by atoms with Crippen molar-refractivity contribution in [2.24, 2.45) is 35.5 Å². The summed E-state index contributed by atoms with van der Waals surface area (Å²) in [4.78, 5) is 0. The normalized spacial score (nSPS) is 25.5. The Morgan fingerprint density at radius 2 is 0.955 bits per heavy atom. The van der Waals surface area contributed by atoms with Crippen LogP contribution in [0.1, 0.15) is 136 Å². The molecule has 18 heteroatoms. The largest absolute Gasteiger partial charge is 0.497 e. The molecule has 89 heavy (non-hydrogen) atoms. The van der Waals surface area contributed by atoms with Crippen LogP contribution in [0.5, 0.6) is 11.5 Å². The highest BCUT2D eigenvalue weighted by Crippen LogP contribution is 2.54. The molecule has 5 rings (SSSR count). The van der Waals surface area contributed by atoms with Crippen LogP contribution in [0.15, 0.2) is 73.8 Å². The highest BCUT2D eigenvalue weighted by Gasteiger charge is 2.66. The van der Waals surface area contributed by atoms with Crippen molar-refractivity contribution in [3.05, 3.63) is 85.0 Å². The lowest BCUT2D eigenvalue weighted by Gasteiger charge is -2.49. The van der Waals surface area contributed by atoms with Crippen LogP contribution >= 0.6 is 0 Å². The molecule has 14 nitrogen and oxygen atoms in total. The van der Waals surface area contributed by atoms with E-state index < -0.39 is 74.3 Å². The van der Waals surface area contributed by atoms with Gasteiger partial charge in [-0.15, -0.1) is 13.2 Å². The van der Waals surface area contributed by atoms with Gasteiger partial charge in [0.2, 0.25) is 0 Å². The molecule has 3 saturated heterocycles. The van der Waals surface area contributed by atoms with Gasteiger partial charge in [-0.3, -0.25) is 0 Å². The molecule has 0 saturated carbocycles. The summed E-state index contributed by atoms with van der Waals surface area (Å²) in [5.41, 5.74) is 1.01. The monoisotopic (exact) mass is 1320 g/mol. The quantitative estimate of drug-likeness (QED) is 0.0405. The second kappa shape index (κ2) is 30.8. The first kappa shape index (κ1) is 79.3. The fourth-order valence-corrected chi connectivity index (χ4v) is 15.6. The Bertz CT molecular complexity index is 2500. The summed E-state index contributed by atoms with van der Waals surface area (Å²) in [5.74, 6) is 0.156. The Morgan fingerprint density at radius 3 is 1.31 bits per heavy atom. The van der Waals surface area contributed by atoms with Crippen LogP contribution in [0, 0.1) is 35.5 Å². The summed E-state index contributed by atoms with van der Waals surface area (Å²) < 4.78 is 77.6. The Balaban J connectivity index is 0.000000381. The van der Waals surface area contributed by atoms with Gasteiger partial charge >= 0.3 is 0 Å². The molecule has 14 atom stereocenters. The molecule has 0 aromatic heterocycles.